The first-order valence-corrected chi connectivity index (χ1v) is 12.0. The van der Waals surface area contributed by atoms with Crippen LogP contribution < -0.4 is 4.74 Å². The summed E-state index contributed by atoms with van der Waals surface area (Å²) < 4.78 is 5.58. The molecule has 0 bridgehead atoms. The third-order valence-corrected chi connectivity index (χ3v) is 7.18. The number of carbonyl (C=O) groups excluding carboxylic acids is 2. The van der Waals surface area contributed by atoms with Crippen LogP contribution in [0.1, 0.15) is 20.2 Å². The maximum Gasteiger partial charge on any atom is 0.282 e. The highest BCUT2D eigenvalue weighted by Crippen LogP contribution is 2.31. The van der Waals surface area contributed by atoms with Gasteiger partial charge in [-0.05, 0) is 23.8 Å². The molecule has 8 heteroatoms. The van der Waals surface area contributed by atoms with Gasteiger partial charge in [-0.2, -0.15) is 0 Å². The van der Waals surface area contributed by atoms with Crippen molar-refractivity contribution in [3.05, 3.63) is 70.7 Å². The lowest BCUT2D eigenvalue weighted by Crippen LogP contribution is -2.64. The normalized spacial score (nSPS) is 17.0. The van der Waals surface area contributed by atoms with E-state index in [1.165, 1.54) is 11.3 Å². The topological polar surface area (TPSA) is 66.0 Å². The standard InChI is InChI=1S/C25H26N4O3S/c1-32-22-15-19(7-8-21(22)18-5-3-2-4-6-18)24(30)29-16-20(17-29)27-10-12-28(13-11-27)25(31)23-26-9-14-33-23/h2-9,14-15,20H,10-13,16-17H2,1H3. The Balaban J connectivity index is 1.16. The van der Waals surface area contributed by atoms with Crippen molar-refractivity contribution in [1.82, 2.24) is 19.7 Å². The average Bonchev–Trinajstić information content (AvgIpc) is 3.38. The van der Waals surface area contributed by atoms with Crippen LogP contribution in [0.5, 0.6) is 5.75 Å². The third kappa shape index (κ3) is 4.36. The van der Waals surface area contributed by atoms with Crippen LogP contribution in [0.15, 0.2) is 60.1 Å². The monoisotopic (exact) mass is 462 g/mol. The van der Waals surface area contributed by atoms with Gasteiger partial charge in [0.2, 0.25) is 0 Å². The Hall–Kier alpha value is -3.23. The van der Waals surface area contributed by atoms with Crippen molar-refractivity contribution in [3.8, 4) is 16.9 Å². The second-order valence-corrected chi connectivity index (χ2v) is 9.21. The molecule has 0 unspecified atom stereocenters. The summed E-state index contributed by atoms with van der Waals surface area (Å²) in [5.74, 6) is 0.745. The summed E-state index contributed by atoms with van der Waals surface area (Å²) in [5, 5.41) is 2.38. The van der Waals surface area contributed by atoms with Crippen LogP contribution in [0.25, 0.3) is 11.1 Å². The maximum atomic E-state index is 13.0. The van der Waals surface area contributed by atoms with Gasteiger partial charge in [0.15, 0.2) is 5.01 Å². The van der Waals surface area contributed by atoms with E-state index >= 15 is 0 Å². The lowest BCUT2D eigenvalue weighted by Gasteiger charge is -2.48. The van der Waals surface area contributed by atoms with Gasteiger partial charge in [0.25, 0.3) is 11.8 Å². The fraction of sp³-hybridized carbons (Fsp3) is 0.320. The number of aromatic nitrogens is 1. The summed E-state index contributed by atoms with van der Waals surface area (Å²) in [7, 11) is 1.63. The summed E-state index contributed by atoms with van der Waals surface area (Å²) in [6.07, 6.45) is 1.67. The first-order chi connectivity index (χ1) is 16.1. The van der Waals surface area contributed by atoms with E-state index in [2.05, 4.69) is 9.88 Å². The Morgan fingerprint density at radius 1 is 0.970 bits per heavy atom. The number of nitrogens with zero attached hydrogens (tertiary/aromatic N) is 4. The van der Waals surface area contributed by atoms with Crippen LogP contribution >= 0.6 is 11.3 Å². The van der Waals surface area contributed by atoms with Gasteiger partial charge in [-0.15, -0.1) is 11.3 Å². The fourth-order valence-electron chi connectivity index (χ4n) is 4.47. The molecule has 2 aliphatic rings. The number of thiazole rings is 1. The van der Waals surface area contributed by atoms with Crippen LogP contribution in [0, 0.1) is 0 Å². The minimum absolute atomic E-state index is 0.0166. The van der Waals surface area contributed by atoms with Crippen LogP contribution in [-0.4, -0.2) is 83.9 Å². The molecule has 3 aromatic rings. The molecular formula is C25H26N4O3S. The van der Waals surface area contributed by atoms with Gasteiger partial charge in [-0.25, -0.2) is 4.98 Å². The summed E-state index contributed by atoms with van der Waals surface area (Å²) in [4.78, 5) is 35.8. The Morgan fingerprint density at radius 3 is 2.39 bits per heavy atom. The molecule has 33 heavy (non-hydrogen) atoms. The number of carbonyl (C=O) groups is 2. The Bertz CT molecular complexity index is 1120. The number of amides is 2. The zero-order chi connectivity index (χ0) is 22.8. The van der Waals surface area contributed by atoms with Gasteiger partial charge in [0.1, 0.15) is 5.75 Å². The van der Waals surface area contributed by atoms with E-state index in [0.717, 1.165) is 24.2 Å². The molecule has 0 saturated carbocycles. The molecule has 0 aliphatic carbocycles. The highest BCUT2D eigenvalue weighted by atomic mass is 32.1. The molecule has 0 spiro atoms. The van der Waals surface area contributed by atoms with Crippen LogP contribution in [0.4, 0.5) is 0 Å². The zero-order valence-corrected chi connectivity index (χ0v) is 19.3. The molecule has 2 aliphatic heterocycles. The molecule has 170 valence electrons. The van der Waals surface area contributed by atoms with E-state index in [1.54, 1.807) is 13.3 Å². The number of benzene rings is 2. The molecule has 2 aromatic carbocycles. The average molecular weight is 463 g/mol. The smallest absolute Gasteiger partial charge is 0.282 e. The maximum absolute atomic E-state index is 13.0. The van der Waals surface area contributed by atoms with Gasteiger partial charge in [0, 0.05) is 68.0 Å². The van der Waals surface area contributed by atoms with Gasteiger partial charge < -0.3 is 14.5 Å². The van der Waals surface area contributed by atoms with Crippen LogP contribution in [0.3, 0.4) is 0 Å². The van der Waals surface area contributed by atoms with Crippen LogP contribution in [-0.2, 0) is 0 Å². The highest BCUT2D eigenvalue weighted by Gasteiger charge is 2.37. The van der Waals surface area contributed by atoms with Gasteiger partial charge in [0.05, 0.1) is 7.11 Å². The van der Waals surface area contributed by atoms with Crippen molar-refractivity contribution in [1.29, 1.82) is 0 Å². The van der Waals surface area contributed by atoms with Gasteiger partial charge in [-0.1, -0.05) is 30.3 Å². The van der Waals surface area contributed by atoms with Crippen molar-refractivity contribution in [2.24, 2.45) is 0 Å². The second kappa shape index (κ2) is 9.33. The molecule has 0 atom stereocenters. The Morgan fingerprint density at radius 2 is 1.73 bits per heavy atom. The number of methoxy groups -OCH3 is 1. The minimum atomic E-state index is 0.0166. The molecule has 0 N–H and O–H groups in total. The van der Waals surface area contributed by atoms with Crippen LogP contribution in [0.2, 0.25) is 0 Å². The first kappa shape index (κ1) is 21.6. The fourth-order valence-corrected chi connectivity index (χ4v) is 5.07. The SMILES string of the molecule is COc1cc(C(=O)N2CC(N3CCN(C(=O)c4nccs4)CC3)C2)ccc1-c1ccccc1. The summed E-state index contributed by atoms with van der Waals surface area (Å²) in [5.41, 5.74) is 2.68. The van der Waals surface area contributed by atoms with E-state index in [1.807, 2.05) is 63.7 Å². The quantitative estimate of drug-likeness (QED) is 0.583. The van der Waals surface area contributed by atoms with E-state index in [9.17, 15) is 9.59 Å². The third-order valence-electron chi connectivity index (χ3n) is 6.42. The van der Waals surface area contributed by atoms with E-state index in [0.29, 0.717) is 48.5 Å². The summed E-state index contributed by atoms with van der Waals surface area (Å²) in [6.45, 7) is 4.46. The summed E-state index contributed by atoms with van der Waals surface area (Å²) >= 11 is 1.38. The number of ether oxygens (including phenoxy) is 1. The first-order valence-electron chi connectivity index (χ1n) is 11.1. The Kier molecular flexibility index (Phi) is 6.11. The van der Waals surface area contributed by atoms with Gasteiger partial charge >= 0.3 is 0 Å². The lowest BCUT2D eigenvalue weighted by atomic mass is 10.00. The molecule has 3 heterocycles. The second-order valence-electron chi connectivity index (χ2n) is 8.31. The van der Waals surface area contributed by atoms with Crippen molar-refractivity contribution in [2.45, 2.75) is 6.04 Å². The van der Waals surface area contributed by atoms with Crippen molar-refractivity contribution >= 4 is 23.2 Å². The molecule has 2 saturated heterocycles. The molecule has 0 radical (unpaired) electrons. The predicted molar refractivity (Wildman–Crippen MR) is 128 cm³/mol. The van der Waals surface area contributed by atoms with Gasteiger partial charge in [-0.3, -0.25) is 14.5 Å². The van der Waals surface area contributed by atoms with E-state index < -0.39 is 0 Å². The van der Waals surface area contributed by atoms with Crippen molar-refractivity contribution in [2.75, 3.05) is 46.4 Å². The number of hydrogen-bond donors (Lipinski definition) is 0. The van der Waals surface area contributed by atoms with Crippen molar-refractivity contribution in [3.63, 3.8) is 0 Å². The lowest BCUT2D eigenvalue weighted by molar-refractivity contribution is 0.00852. The Labute approximate surface area is 197 Å². The molecule has 5 rings (SSSR count). The number of likely N-dealkylation sites (tertiary alicyclic amines) is 1. The summed E-state index contributed by atoms with van der Waals surface area (Å²) in [6, 6.07) is 16.0. The zero-order valence-electron chi connectivity index (χ0n) is 18.5. The number of rotatable bonds is 5. The highest BCUT2D eigenvalue weighted by molar-refractivity contribution is 7.11. The number of hydrogen-bond acceptors (Lipinski definition) is 6. The molecule has 2 fully saturated rings. The van der Waals surface area contributed by atoms with E-state index in [-0.39, 0.29) is 11.8 Å². The van der Waals surface area contributed by atoms with E-state index in [4.69, 9.17) is 4.74 Å². The number of piperazine rings is 1. The van der Waals surface area contributed by atoms with Crippen molar-refractivity contribution < 1.29 is 14.3 Å². The largest absolute Gasteiger partial charge is 0.496 e. The minimum Gasteiger partial charge on any atom is -0.496 e. The molecular weight excluding hydrogens is 436 g/mol. The predicted octanol–water partition coefficient (Wildman–Crippen LogP) is 3.10. The molecule has 2 amide bonds. The molecule has 1 aromatic heterocycles. The molecule has 7 nitrogen and oxygen atoms in total.